The van der Waals surface area contributed by atoms with Crippen molar-refractivity contribution in [3.05, 3.63) is 71.8 Å². The summed E-state index contributed by atoms with van der Waals surface area (Å²) in [6.07, 6.45) is 2.57. The minimum Gasteiger partial charge on any atom is -0.347 e. The number of hydrogen-bond donors (Lipinski definition) is 2. The highest BCUT2D eigenvalue weighted by Gasteiger charge is 2.33. The number of carbonyl (C=O) groups is 2. The first kappa shape index (κ1) is 16.2. The standard InChI is InChI=1S/C20H22N2O2/c23-18(13-15-7-3-1-4-8-15)21-14-19(24)22-20(17-11-12-17)16-9-5-2-6-10-16/h1-10,17,20H,11-14H2,(H,21,23)(H,22,24). The van der Waals surface area contributed by atoms with E-state index >= 15 is 0 Å². The molecule has 0 aromatic heterocycles. The van der Waals surface area contributed by atoms with E-state index in [1.165, 1.54) is 0 Å². The van der Waals surface area contributed by atoms with E-state index in [-0.39, 0.29) is 24.4 Å². The fraction of sp³-hybridized carbons (Fsp3) is 0.300. The Hall–Kier alpha value is -2.62. The molecule has 0 saturated heterocycles. The molecule has 4 nitrogen and oxygen atoms in total. The molecular formula is C20H22N2O2. The van der Waals surface area contributed by atoms with Crippen molar-refractivity contribution in [1.82, 2.24) is 10.6 Å². The summed E-state index contributed by atoms with van der Waals surface area (Å²) in [5.74, 6) is 0.229. The van der Waals surface area contributed by atoms with E-state index in [9.17, 15) is 9.59 Å². The van der Waals surface area contributed by atoms with Crippen molar-refractivity contribution >= 4 is 11.8 Å². The lowest BCUT2D eigenvalue weighted by Gasteiger charge is -2.19. The predicted octanol–water partition coefficient (Wildman–Crippen LogP) is 2.61. The lowest BCUT2D eigenvalue weighted by Crippen LogP contribution is -2.39. The summed E-state index contributed by atoms with van der Waals surface area (Å²) >= 11 is 0. The summed E-state index contributed by atoms with van der Waals surface area (Å²) in [5, 5.41) is 5.76. The second-order valence-electron chi connectivity index (χ2n) is 6.23. The Kier molecular flexibility index (Phi) is 5.26. The molecule has 2 amide bonds. The topological polar surface area (TPSA) is 58.2 Å². The molecule has 2 aromatic carbocycles. The van der Waals surface area contributed by atoms with Gasteiger partial charge in [0, 0.05) is 0 Å². The maximum absolute atomic E-state index is 12.2. The van der Waals surface area contributed by atoms with Gasteiger partial charge in [-0.3, -0.25) is 9.59 Å². The van der Waals surface area contributed by atoms with Gasteiger partial charge in [0.2, 0.25) is 11.8 Å². The average molecular weight is 322 g/mol. The molecule has 1 unspecified atom stereocenters. The molecular weight excluding hydrogens is 300 g/mol. The molecule has 0 bridgehead atoms. The third kappa shape index (κ3) is 4.69. The van der Waals surface area contributed by atoms with E-state index in [1.54, 1.807) is 0 Å². The van der Waals surface area contributed by atoms with Crippen LogP contribution in [0.5, 0.6) is 0 Å². The minimum absolute atomic E-state index is 0.0156. The van der Waals surface area contributed by atoms with Gasteiger partial charge >= 0.3 is 0 Å². The molecule has 124 valence electrons. The van der Waals surface area contributed by atoms with Gasteiger partial charge < -0.3 is 10.6 Å². The monoisotopic (exact) mass is 322 g/mol. The average Bonchev–Trinajstić information content (AvgIpc) is 3.44. The van der Waals surface area contributed by atoms with Crippen LogP contribution in [0, 0.1) is 5.92 Å². The summed E-state index contributed by atoms with van der Waals surface area (Å²) in [5.41, 5.74) is 2.07. The van der Waals surface area contributed by atoms with Crippen LogP contribution in [0.4, 0.5) is 0 Å². The highest BCUT2D eigenvalue weighted by atomic mass is 16.2. The highest BCUT2D eigenvalue weighted by Crippen LogP contribution is 2.40. The Morgan fingerprint density at radius 1 is 0.917 bits per heavy atom. The van der Waals surface area contributed by atoms with Crippen molar-refractivity contribution in [3.63, 3.8) is 0 Å². The molecule has 0 aliphatic heterocycles. The van der Waals surface area contributed by atoms with Crippen LogP contribution in [0.25, 0.3) is 0 Å². The summed E-state index contributed by atoms with van der Waals surface area (Å²) in [6, 6.07) is 19.6. The van der Waals surface area contributed by atoms with Crippen molar-refractivity contribution in [2.24, 2.45) is 5.92 Å². The van der Waals surface area contributed by atoms with Crippen LogP contribution in [0.3, 0.4) is 0 Å². The fourth-order valence-electron chi connectivity index (χ4n) is 2.81. The van der Waals surface area contributed by atoms with Gasteiger partial charge in [-0.25, -0.2) is 0 Å². The Morgan fingerprint density at radius 2 is 1.54 bits per heavy atom. The largest absolute Gasteiger partial charge is 0.347 e. The summed E-state index contributed by atoms with van der Waals surface area (Å²) < 4.78 is 0. The third-order valence-electron chi connectivity index (χ3n) is 4.22. The molecule has 0 heterocycles. The number of rotatable bonds is 7. The smallest absolute Gasteiger partial charge is 0.239 e. The molecule has 0 radical (unpaired) electrons. The van der Waals surface area contributed by atoms with E-state index in [4.69, 9.17) is 0 Å². The fourth-order valence-corrected chi connectivity index (χ4v) is 2.81. The zero-order valence-corrected chi connectivity index (χ0v) is 13.6. The van der Waals surface area contributed by atoms with Gasteiger partial charge in [-0.05, 0) is 29.9 Å². The van der Waals surface area contributed by atoms with Gasteiger partial charge in [-0.15, -0.1) is 0 Å². The number of hydrogen-bond acceptors (Lipinski definition) is 2. The number of nitrogens with one attached hydrogen (secondary N) is 2. The van der Waals surface area contributed by atoms with E-state index in [2.05, 4.69) is 10.6 Å². The quantitative estimate of drug-likeness (QED) is 0.823. The van der Waals surface area contributed by atoms with Crippen LogP contribution in [0.2, 0.25) is 0 Å². The van der Waals surface area contributed by atoms with Crippen LogP contribution < -0.4 is 10.6 Å². The van der Waals surface area contributed by atoms with Gasteiger partial charge in [0.15, 0.2) is 0 Å². The number of benzene rings is 2. The van der Waals surface area contributed by atoms with E-state index in [1.807, 2.05) is 60.7 Å². The minimum atomic E-state index is -0.142. The maximum atomic E-state index is 12.2. The molecule has 1 saturated carbocycles. The molecule has 24 heavy (non-hydrogen) atoms. The lowest BCUT2D eigenvalue weighted by atomic mass is 10.0. The molecule has 3 rings (SSSR count). The second kappa shape index (κ2) is 7.77. The zero-order chi connectivity index (χ0) is 16.8. The molecule has 1 aliphatic carbocycles. The van der Waals surface area contributed by atoms with Gasteiger partial charge in [0.1, 0.15) is 0 Å². The summed E-state index contributed by atoms with van der Waals surface area (Å²) in [4.78, 5) is 24.1. The first-order chi connectivity index (χ1) is 11.7. The van der Waals surface area contributed by atoms with Crippen LogP contribution in [0.1, 0.15) is 30.0 Å². The molecule has 1 aliphatic rings. The second-order valence-corrected chi connectivity index (χ2v) is 6.23. The van der Waals surface area contributed by atoms with Crippen molar-refractivity contribution in [1.29, 1.82) is 0 Å². The SMILES string of the molecule is O=C(Cc1ccccc1)NCC(=O)NC(c1ccccc1)C1CC1. The molecule has 2 N–H and O–H groups in total. The first-order valence-corrected chi connectivity index (χ1v) is 8.37. The van der Waals surface area contributed by atoms with Gasteiger partial charge in [0.25, 0.3) is 0 Å². The summed E-state index contributed by atoms with van der Waals surface area (Å²) in [7, 11) is 0. The van der Waals surface area contributed by atoms with Crippen molar-refractivity contribution < 1.29 is 9.59 Å². The van der Waals surface area contributed by atoms with E-state index in [0.717, 1.165) is 24.0 Å². The van der Waals surface area contributed by atoms with E-state index < -0.39 is 0 Å². The molecule has 0 spiro atoms. The van der Waals surface area contributed by atoms with Crippen molar-refractivity contribution in [2.45, 2.75) is 25.3 Å². The maximum Gasteiger partial charge on any atom is 0.239 e. The van der Waals surface area contributed by atoms with Crippen LogP contribution >= 0.6 is 0 Å². The van der Waals surface area contributed by atoms with Gasteiger partial charge in [-0.1, -0.05) is 60.7 Å². The van der Waals surface area contributed by atoms with Crippen LogP contribution in [0.15, 0.2) is 60.7 Å². The Morgan fingerprint density at radius 3 is 2.17 bits per heavy atom. The molecule has 4 heteroatoms. The highest BCUT2D eigenvalue weighted by molar-refractivity contribution is 5.85. The molecule has 2 aromatic rings. The normalized spacial score (nSPS) is 14.7. The molecule has 1 fully saturated rings. The van der Waals surface area contributed by atoms with Crippen molar-refractivity contribution in [3.8, 4) is 0 Å². The Labute approximate surface area is 142 Å². The predicted molar refractivity (Wildman–Crippen MR) is 93.2 cm³/mol. The lowest BCUT2D eigenvalue weighted by molar-refractivity contribution is -0.126. The van der Waals surface area contributed by atoms with E-state index in [0.29, 0.717) is 12.3 Å². The first-order valence-electron chi connectivity index (χ1n) is 8.37. The zero-order valence-electron chi connectivity index (χ0n) is 13.6. The van der Waals surface area contributed by atoms with Crippen molar-refractivity contribution in [2.75, 3.05) is 6.54 Å². The molecule has 1 atom stereocenters. The van der Waals surface area contributed by atoms with Crippen LogP contribution in [-0.4, -0.2) is 18.4 Å². The summed E-state index contributed by atoms with van der Waals surface area (Å²) in [6.45, 7) is 0.0156. The van der Waals surface area contributed by atoms with Gasteiger partial charge in [-0.2, -0.15) is 0 Å². The third-order valence-corrected chi connectivity index (χ3v) is 4.22. The number of carbonyl (C=O) groups excluding carboxylic acids is 2. The van der Waals surface area contributed by atoms with Crippen LogP contribution in [-0.2, 0) is 16.0 Å². The van der Waals surface area contributed by atoms with Gasteiger partial charge in [0.05, 0.1) is 19.0 Å². The Balaban J connectivity index is 1.48. The number of amides is 2. The Bertz CT molecular complexity index is 681.